The Bertz CT molecular complexity index is 780. The normalized spacial score (nSPS) is 20.4. The van der Waals surface area contributed by atoms with Crippen LogP contribution in [0.4, 0.5) is 0 Å². The van der Waals surface area contributed by atoms with Crippen LogP contribution >= 0.6 is 11.6 Å². The molecule has 1 unspecified atom stereocenters. The van der Waals surface area contributed by atoms with E-state index in [1.165, 1.54) is 5.57 Å². The minimum Gasteiger partial charge on any atom is -0.297 e. The highest BCUT2D eigenvalue weighted by Gasteiger charge is 2.27. The second-order valence-corrected chi connectivity index (χ2v) is 5.29. The molecule has 1 aliphatic heterocycles. The van der Waals surface area contributed by atoms with Crippen LogP contribution in [0.25, 0.3) is 11.0 Å². The topological polar surface area (TPSA) is 29.9 Å². The van der Waals surface area contributed by atoms with Gasteiger partial charge in [-0.05, 0) is 30.7 Å². The lowest BCUT2D eigenvalue weighted by molar-refractivity contribution is 0.752. The van der Waals surface area contributed by atoms with E-state index in [0.717, 1.165) is 27.6 Å². The van der Waals surface area contributed by atoms with E-state index in [9.17, 15) is 0 Å². The molecule has 1 N–H and O–H groups in total. The van der Waals surface area contributed by atoms with Crippen LogP contribution in [0.3, 0.4) is 0 Å². The third-order valence-electron chi connectivity index (χ3n) is 3.66. The number of rotatable bonds is 0. The number of benzene rings is 1. The van der Waals surface area contributed by atoms with Gasteiger partial charge in [-0.3, -0.25) is 5.43 Å². The number of nitrogens with one attached hydrogen (secondary N) is 1. The van der Waals surface area contributed by atoms with Crippen molar-refractivity contribution in [1.29, 1.82) is 0 Å². The Kier molecular flexibility index (Phi) is 2.15. The molecular weight excluding hydrogens is 258 g/mol. The molecule has 0 saturated heterocycles. The lowest BCUT2D eigenvalue weighted by Crippen LogP contribution is -2.25. The molecule has 1 aromatic heterocycles. The Morgan fingerprint density at radius 2 is 2.21 bits per heavy atom. The molecule has 0 radical (unpaired) electrons. The number of allylic oxidation sites excluding steroid dienone is 6. The third kappa shape index (κ3) is 1.48. The van der Waals surface area contributed by atoms with Crippen LogP contribution in [-0.2, 0) is 0 Å². The number of nitrogens with zero attached hydrogens (tertiary/aromatic N) is 2. The van der Waals surface area contributed by atoms with Gasteiger partial charge in [0.1, 0.15) is 5.82 Å². The summed E-state index contributed by atoms with van der Waals surface area (Å²) in [6, 6.07) is 5.78. The number of imidazole rings is 1. The Labute approximate surface area is 115 Å². The summed E-state index contributed by atoms with van der Waals surface area (Å²) in [5.74, 6) is 1.23. The predicted octanol–water partition coefficient (Wildman–Crippen LogP) is 3.73. The van der Waals surface area contributed by atoms with E-state index in [4.69, 9.17) is 16.6 Å². The van der Waals surface area contributed by atoms with E-state index in [2.05, 4.69) is 36.7 Å². The Morgan fingerprint density at radius 1 is 1.32 bits per heavy atom. The van der Waals surface area contributed by atoms with Crippen molar-refractivity contribution in [1.82, 2.24) is 9.66 Å². The number of aromatic nitrogens is 2. The summed E-state index contributed by atoms with van der Waals surface area (Å²) < 4.78 is 2.04. The van der Waals surface area contributed by atoms with E-state index < -0.39 is 0 Å². The first-order valence-electron chi connectivity index (χ1n) is 6.24. The van der Waals surface area contributed by atoms with Crippen molar-refractivity contribution in [2.24, 2.45) is 0 Å². The average Bonchev–Trinajstić information content (AvgIpc) is 2.78. The van der Waals surface area contributed by atoms with Crippen LogP contribution in [0.1, 0.15) is 18.7 Å². The first-order valence-corrected chi connectivity index (χ1v) is 6.62. The molecule has 1 aliphatic carbocycles. The predicted molar refractivity (Wildman–Crippen MR) is 77.8 cm³/mol. The first kappa shape index (κ1) is 10.9. The summed E-state index contributed by atoms with van der Waals surface area (Å²) in [5.41, 5.74) is 7.80. The molecular formula is C15H12ClN3. The first-order chi connectivity index (χ1) is 9.24. The van der Waals surface area contributed by atoms with Gasteiger partial charge in [-0.2, -0.15) is 0 Å². The minimum atomic E-state index is 0.220. The SMILES string of the molecule is CC1=C2C=CC=CC2c2nc3ccc(Cl)cc3n2N1. The van der Waals surface area contributed by atoms with Gasteiger partial charge in [0.2, 0.25) is 0 Å². The molecule has 0 spiro atoms. The molecule has 4 heteroatoms. The molecule has 19 heavy (non-hydrogen) atoms. The highest BCUT2D eigenvalue weighted by molar-refractivity contribution is 6.31. The molecule has 0 bridgehead atoms. The summed E-state index contributed by atoms with van der Waals surface area (Å²) in [4.78, 5) is 4.74. The molecule has 2 heterocycles. The smallest absolute Gasteiger partial charge is 0.140 e. The zero-order chi connectivity index (χ0) is 13.0. The summed E-state index contributed by atoms with van der Waals surface area (Å²) >= 11 is 6.09. The molecule has 0 saturated carbocycles. The molecule has 3 nitrogen and oxygen atoms in total. The number of hydrogen-bond acceptors (Lipinski definition) is 2. The van der Waals surface area contributed by atoms with Crippen LogP contribution in [0, 0.1) is 0 Å². The van der Waals surface area contributed by atoms with E-state index in [-0.39, 0.29) is 5.92 Å². The van der Waals surface area contributed by atoms with Crippen molar-refractivity contribution in [2.75, 3.05) is 5.43 Å². The highest BCUT2D eigenvalue weighted by Crippen LogP contribution is 2.36. The molecule has 0 fully saturated rings. The van der Waals surface area contributed by atoms with E-state index in [1.54, 1.807) is 0 Å². The van der Waals surface area contributed by atoms with Crippen LogP contribution < -0.4 is 5.43 Å². The van der Waals surface area contributed by atoms with Crippen LogP contribution in [-0.4, -0.2) is 9.66 Å². The molecule has 1 aromatic carbocycles. The maximum atomic E-state index is 6.09. The monoisotopic (exact) mass is 269 g/mol. The Balaban J connectivity index is 2.01. The maximum Gasteiger partial charge on any atom is 0.140 e. The summed E-state index contributed by atoms with van der Waals surface area (Å²) in [5, 5.41) is 0.725. The number of hydrogen-bond donors (Lipinski definition) is 1. The summed E-state index contributed by atoms with van der Waals surface area (Å²) in [7, 11) is 0. The van der Waals surface area contributed by atoms with Gasteiger partial charge in [0.05, 0.1) is 17.0 Å². The molecule has 94 valence electrons. The van der Waals surface area contributed by atoms with Crippen molar-refractivity contribution >= 4 is 22.6 Å². The second-order valence-electron chi connectivity index (χ2n) is 4.85. The maximum absolute atomic E-state index is 6.09. The van der Waals surface area contributed by atoms with Crippen LogP contribution in [0.2, 0.25) is 5.02 Å². The molecule has 4 rings (SSSR count). The molecule has 2 aliphatic rings. The van der Waals surface area contributed by atoms with Crippen molar-refractivity contribution < 1.29 is 0 Å². The summed E-state index contributed by atoms with van der Waals surface area (Å²) in [6.45, 7) is 2.09. The van der Waals surface area contributed by atoms with Crippen molar-refractivity contribution in [3.05, 3.63) is 64.6 Å². The van der Waals surface area contributed by atoms with E-state index >= 15 is 0 Å². The molecule has 0 amide bonds. The quantitative estimate of drug-likeness (QED) is 0.790. The van der Waals surface area contributed by atoms with Gasteiger partial charge in [-0.1, -0.05) is 35.9 Å². The van der Waals surface area contributed by atoms with Crippen molar-refractivity contribution in [3.8, 4) is 0 Å². The van der Waals surface area contributed by atoms with Gasteiger partial charge < -0.3 is 0 Å². The average molecular weight is 270 g/mol. The van der Waals surface area contributed by atoms with Gasteiger partial charge in [0.25, 0.3) is 0 Å². The molecule has 2 aromatic rings. The lowest BCUT2D eigenvalue weighted by Gasteiger charge is -2.27. The number of fused-ring (bicyclic) bond motifs is 5. The zero-order valence-electron chi connectivity index (χ0n) is 10.4. The largest absolute Gasteiger partial charge is 0.297 e. The minimum absolute atomic E-state index is 0.220. The van der Waals surface area contributed by atoms with Gasteiger partial charge >= 0.3 is 0 Å². The fourth-order valence-electron chi connectivity index (χ4n) is 2.75. The van der Waals surface area contributed by atoms with E-state index in [1.807, 2.05) is 22.9 Å². The highest BCUT2D eigenvalue weighted by atomic mass is 35.5. The molecule has 1 atom stereocenters. The third-order valence-corrected chi connectivity index (χ3v) is 3.89. The van der Waals surface area contributed by atoms with Gasteiger partial charge in [0.15, 0.2) is 0 Å². The lowest BCUT2D eigenvalue weighted by atomic mass is 9.91. The van der Waals surface area contributed by atoms with Crippen LogP contribution in [0.5, 0.6) is 0 Å². The van der Waals surface area contributed by atoms with Gasteiger partial charge in [-0.25, -0.2) is 9.66 Å². The zero-order valence-corrected chi connectivity index (χ0v) is 11.1. The van der Waals surface area contributed by atoms with Crippen LogP contribution in [0.15, 0.2) is 53.8 Å². The van der Waals surface area contributed by atoms with Crippen molar-refractivity contribution in [3.63, 3.8) is 0 Å². The van der Waals surface area contributed by atoms with Gasteiger partial charge in [-0.15, -0.1) is 0 Å². The standard InChI is InChI=1S/C15H12ClN3/c1-9-11-4-2-3-5-12(11)15-17-13-7-6-10(16)8-14(13)19(15)18-9/h2-8,12,18H,1H3. The number of halogens is 1. The Morgan fingerprint density at radius 3 is 3.11 bits per heavy atom. The summed E-state index contributed by atoms with van der Waals surface area (Å²) in [6.07, 6.45) is 8.46. The van der Waals surface area contributed by atoms with E-state index in [0.29, 0.717) is 0 Å². The van der Waals surface area contributed by atoms with Crippen molar-refractivity contribution in [2.45, 2.75) is 12.8 Å². The fraction of sp³-hybridized carbons (Fsp3) is 0.133. The van der Waals surface area contributed by atoms with Gasteiger partial charge in [0, 0.05) is 10.7 Å². The second kappa shape index (κ2) is 3.75. The Hall–Kier alpha value is -2.00. The fourth-order valence-corrected chi connectivity index (χ4v) is 2.92.